The second kappa shape index (κ2) is 9.12. The monoisotopic (exact) mass is 252 g/mol. The average molecular weight is 252 g/mol. The molecule has 3 nitrogen and oxygen atoms in total. The molecule has 0 N–H and O–H groups in total. The van der Waals surface area contributed by atoms with Gasteiger partial charge in [0.2, 0.25) is 0 Å². The number of benzene rings is 1. The molecule has 1 aromatic rings. The van der Waals surface area contributed by atoms with E-state index in [2.05, 4.69) is 12.1 Å². The molecule has 0 saturated carbocycles. The topological polar surface area (TPSA) is 27.7 Å². The minimum absolute atomic E-state index is 0.534. The van der Waals surface area contributed by atoms with Gasteiger partial charge in [-0.15, -0.1) is 0 Å². The van der Waals surface area contributed by atoms with Crippen LogP contribution < -0.4 is 0 Å². The maximum absolute atomic E-state index is 5.55. The summed E-state index contributed by atoms with van der Waals surface area (Å²) in [5.41, 5.74) is 1.17. The molecule has 1 aromatic carbocycles. The van der Waals surface area contributed by atoms with Gasteiger partial charge in [0.1, 0.15) is 0 Å². The minimum atomic E-state index is -1.91. The molecule has 0 aliphatic rings. The smallest absolute Gasteiger partial charge is 0.376 e. The van der Waals surface area contributed by atoms with Crippen LogP contribution in [-0.2, 0) is 13.3 Å². The fourth-order valence-electron chi connectivity index (χ4n) is 1.30. The fraction of sp³-hybridized carbons (Fsp3) is 0.385. The van der Waals surface area contributed by atoms with Crippen molar-refractivity contribution in [1.29, 1.82) is 0 Å². The van der Waals surface area contributed by atoms with Crippen LogP contribution in [0.1, 0.15) is 19.4 Å². The van der Waals surface area contributed by atoms with Gasteiger partial charge in [-0.2, -0.15) is 0 Å². The third-order valence-corrected chi connectivity index (χ3v) is 3.72. The third-order valence-electron chi connectivity index (χ3n) is 2.04. The number of hydrogen-bond acceptors (Lipinski definition) is 3. The van der Waals surface area contributed by atoms with Crippen molar-refractivity contribution < 1.29 is 13.3 Å². The van der Waals surface area contributed by atoms with Crippen LogP contribution in [0.2, 0.25) is 0 Å². The van der Waals surface area contributed by atoms with Gasteiger partial charge in [-0.3, -0.25) is 0 Å². The molecule has 0 aromatic heterocycles. The van der Waals surface area contributed by atoms with E-state index in [1.54, 1.807) is 0 Å². The Balaban J connectivity index is 2.28. The molecule has 0 bridgehead atoms. The molecule has 0 amide bonds. The zero-order valence-corrected chi connectivity index (χ0v) is 11.6. The fourth-order valence-corrected chi connectivity index (χ4v) is 2.40. The van der Waals surface area contributed by atoms with Gasteiger partial charge in [-0.25, -0.2) is 0 Å². The summed E-state index contributed by atoms with van der Waals surface area (Å²) < 4.78 is 16.3. The first-order chi connectivity index (χ1) is 8.36. The Morgan fingerprint density at radius 2 is 1.65 bits per heavy atom. The second-order valence-electron chi connectivity index (χ2n) is 3.35. The molecule has 17 heavy (non-hydrogen) atoms. The van der Waals surface area contributed by atoms with E-state index in [0.717, 1.165) is 0 Å². The van der Waals surface area contributed by atoms with Crippen LogP contribution in [0.5, 0.6) is 0 Å². The molecule has 0 unspecified atom stereocenters. The van der Waals surface area contributed by atoms with E-state index < -0.39 is 9.53 Å². The lowest BCUT2D eigenvalue weighted by Gasteiger charge is -2.13. The number of hydrogen-bond donors (Lipinski definition) is 0. The van der Waals surface area contributed by atoms with Gasteiger partial charge in [0.25, 0.3) is 0 Å². The molecular formula is C13H20O3Si. The lowest BCUT2D eigenvalue weighted by atomic mass is 10.2. The van der Waals surface area contributed by atoms with Gasteiger partial charge in [0.15, 0.2) is 0 Å². The Labute approximate surface area is 105 Å². The standard InChI is InChI=1S/C13H20O3Si/c1-3-14-17(15-4-2)16-12-8-11-13-9-6-5-7-10-13/h5-11,17H,3-4,12H2,1-2H3. The molecule has 0 fully saturated rings. The molecule has 0 aliphatic heterocycles. The van der Waals surface area contributed by atoms with Gasteiger partial charge < -0.3 is 13.3 Å². The lowest BCUT2D eigenvalue weighted by Crippen LogP contribution is -2.27. The van der Waals surface area contributed by atoms with E-state index in [9.17, 15) is 0 Å². The minimum Gasteiger partial charge on any atom is -0.376 e. The van der Waals surface area contributed by atoms with Gasteiger partial charge in [-0.1, -0.05) is 42.5 Å². The van der Waals surface area contributed by atoms with Crippen LogP contribution in [0, 0.1) is 0 Å². The Morgan fingerprint density at radius 3 is 2.24 bits per heavy atom. The molecule has 0 atom stereocenters. The van der Waals surface area contributed by atoms with Crippen LogP contribution in [0.3, 0.4) is 0 Å². The third kappa shape index (κ3) is 6.38. The van der Waals surface area contributed by atoms with Gasteiger partial charge in [-0.05, 0) is 19.4 Å². The molecule has 0 spiro atoms. The van der Waals surface area contributed by atoms with Crippen molar-refractivity contribution in [1.82, 2.24) is 0 Å². The largest absolute Gasteiger partial charge is 0.484 e. The molecular weight excluding hydrogens is 232 g/mol. The van der Waals surface area contributed by atoms with Crippen molar-refractivity contribution in [2.24, 2.45) is 0 Å². The van der Waals surface area contributed by atoms with Crippen LogP contribution in [-0.4, -0.2) is 29.3 Å². The van der Waals surface area contributed by atoms with E-state index >= 15 is 0 Å². The van der Waals surface area contributed by atoms with Crippen LogP contribution in [0.15, 0.2) is 36.4 Å². The molecule has 4 heteroatoms. The summed E-state index contributed by atoms with van der Waals surface area (Å²) in [7, 11) is -1.91. The maximum atomic E-state index is 5.55. The summed E-state index contributed by atoms with van der Waals surface area (Å²) in [5, 5.41) is 0. The summed E-state index contributed by atoms with van der Waals surface area (Å²) in [6, 6.07) is 10.1. The summed E-state index contributed by atoms with van der Waals surface area (Å²) >= 11 is 0. The molecule has 0 radical (unpaired) electrons. The normalized spacial score (nSPS) is 11.5. The molecule has 1 rings (SSSR count). The van der Waals surface area contributed by atoms with Crippen molar-refractivity contribution in [3.05, 3.63) is 42.0 Å². The van der Waals surface area contributed by atoms with E-state index in [0.29, 0.717) is 19.8 Å². The highest BCUT2D eigenvalue weighted by atomic mass is 28.3. The van der Waals surface area contributed by atoms with Gasteiger partial charge in [0.05, 0.1) is 6.61 Å². The zero-order chi connectivity index (χ0) is 12.3. The van der Waals surface area contributed by atoms with E-state index in [4.69, 9.17) is 13.3 Å². The van der Waals surface area contributed by atoms with Crippen LogP contribution >= 0.6 is 0 Å². The van der Waals surface area contributed by atoms with Crippen LogP contribution in [0.25, 0.3) is 6.08 Å². The predicted octanol–water partition coefficient (Wildman–Crippen LogP) is 2.51. The Bertz CT molecular complexity index is 308. The summed E-state index contributed by atoms with van der Waals surface area (Å²) in [6.45, 7) is 5.70. The van der Waals surface area contributed by atoms with Crippen molar-refractivity contribution >= 4 is 15.6 Å². The first-order valence-corrected chi connectivity index (χ1v) is 7.34. The molecule has 0 saturated heterocycles. The second-order valence-corrected chi connectivity index (χ2v) is 4.92. The summed E-state index contributed by atoms with van der Waals surface area (Å²) in [4.78, 5) is 0. The Hall–Kier alpha value is -0.943. The highest BCUT2D eigenvalue weighted by Crippen LogP contribution is 2.01. The van der Waals surface area contributed by atoms with E-state index in [1.165, 1.54) is 5.56 Å². The molecule has 0 aliphatic carbocycles. The van der Waals surface area contributed by atoms with Gasteiger partial charge in [0, 0.05) is 13.2 Å². The highest BCUT2D eigenvalue weighted by Gasteiger charge is 2.11. The quantitative estimate of drug-likeness (QED) is 0.665. The first-order valence-electron chi connectivity index (χ1n) is 5.93. The van der Waals surface area contributed by atoms with E-state index in [1.807, 2.05) is 44.2 Å². The Kier molecular flexibility index (Phi) is 7.58. The summed E-state index contributed by atoms with van der Waals surface area (Å²) in [6.07, 6.45) is 4.01. The Morgan fingerprint density at radius 1 is 1.00 bits per heavy atom. The number of rotatable bonds is 8. The highest BCUT2D eigenvalue weighted by molar-refractivity contribution is 6.36. The van der Waals surface area contributed by atoms with Gasteiger partial charge >= 0.3 is 9.53 Å². The molecule has 94 valence electrons. The van der Waals surface area contributed by atoms with Crippen molar-refractivity contribution in [3.8, 4) is 0 Å². The van der Waals surface area contributed by atoms with Crippen molar-refractivity contribution in [3.63, 3.8) is 0 Å². The lowest BCUT2D eigenvalue weighted by molar-refractivity contribution is 0.112. The molecule has 0 heterocycles. The maximum Gasteiger partial charge on any atom is 0.484 e. The predicted molar refractivity (Wildman–Crippen MR) is 71.8 cm³/mol. The van der Waals surface area contributed by atoms with Crippen LogP contribution in [0.4, 0.5) is 0 Å². The van der Waals surface area contributed by atoms with Crippen molar-refractivity contribution in [2.75, 3.05) is 19.8 Å². The van der Waals surface area contributed by atoms with E-state index in [-0.39, 0.29) is 0 Å². The first kappa shape index (κ1) is 14.1. The average Bonchev–Trinajstić information content (AvgIpc) is 2.36. The van der Waals surface area contributed by atoms with Crippen molar-refractivity contribution in [2.45, 2.75) is 13.8 Å². The zero-order valence-electron chi connectivity index (χ0n) is 10.5. The summed E-state index contributed by atoms with van der Waals surface area (Å²) in [5.74, 6) is 0. The SMILES string of the molecule is CCO[SiH](OCC)OCC=Cc1ccccc1.